The topological polar surface area (TPSA) is 42.0 Å². The summed E-state index contributed by atoms with van der Waals surface area (Å²) in [5, 5.41) is 4.56. The Morgan fingerprint density at radius 1 is 1.23 bits per heavy atom. The van der Waals surface area contributed by atoms with Crippen LogP contribution in [-0.4, -0.2) is 10.9 Å². The smallest absolute Gasteiger partial charge is 0.257 e. The van der Waals surface area contributed by atoms with Crippen molar-refractivity contribution in [3.8, 4) is 11.3 Å². The van der Waals surface area contributed by atoms with Gasteiger partial charge < -0.3 is 0 Å². The number of thiazole rings is 1. The fraction of sp³-hybridized carbons (Fsp3) is 0.158. The van der Waals surface area contributed by atoms with Crippen molar-refractivity contribution < 1.29 is 4.79 Å². The molecular formula is C19H15BrCl2N2OS. The van der Waals surface area contributed by atoms with Gasteiger partial charge >= 0.3 is 0 Å². The zero-order valence-electron chi connectivity index (χ0n) is 13.9. The van der Waals surface area contributed by atoms with Crippen LogP contribution in [0.2, 0.25) is 10.0 Å². The minimum absolute atomic E-state index is 0.197. The summed E-state index contributed by atoms with van der Waals surface area (Å²) in [5.41, 5.74) is 2.18. The molecule has 3 nitrogen and oxygen atoms in total. The van der Waals surface area contributed by atoms with Crippen LogP contribution in [0.4, 0.5) is 5.13 Å². The van der Waals surface area contributed by atoms with Gasteiger partial charge in [0.15, 0.2) is 5.13 Å². The Hall–Kier alpha value is -1.40. The normalized spacial score (nSPS) is 10.8. The lowest BCUT2D eigenvalue weighted by Crippen LogP contribution is -2.11. The second-order valence-corrected chi connectivity index (χ2v) is 8.47. The lowest BCUT2D eigenvalue weighted by atomic mass is 10.1. The zero-order chi connectivity index (χ0) is 18.7. The summed E-state index contributed by atoms with van der Waals surface area (Å²) >= 11 is 17.2. The number of hydrogen-bond donors (Lipinski definition) is 1. The zero-order valence-corrected chi connectivity index (χ0v) is 17.8. The molecule has 3 rings (SSSR count). The van der Waals surface area contributed by atoms with Gasteiger partial charge in [-0.3, -0.25) is 10.1 Å². The summed E-state index contributed by atoms with van der Waals surface area (Å²) in [7, 11) is 0. The van der Waals surface area contributed by atoms with Gasteiger partial charge in [0.1, 0.15) is 0 Å². The van der Waals surface area contributed by atoms with Crippen LogP contribution in [-0.2, 0) is 6.42 Å². The first-order chi connectivity index (χ1) is 12.5. The van der Waals surface area contributed by atoms with Crippen LogP contribution >= 0.6 is 50.5 Å². The fourth-order valence-electron chi connectivity index (χ4n) is 2.49. The Labute approximate surface area is 174 Å². The Morgan fingerprint density at radius 3 is 2.73 bits per heavy atom. The molecule has 26 heavy (non-hydrogen) atoms. The molecule has 7 heteroatoms. The Morgan fingerprint density at radius 2 is 2.04 bits per heavy atom. The maximum absolute atomic E-state index is 12.5. The van der Waals surface area contributed by atoms with Crippen LogP contribution in [0.3, 0.4) is 0 Å². The van der Waals surface area contributed by atoms with Crippen molar-refractivity contribution in [3.63, 3.8) is 0 Å². The molecule has 1 N–H and O–H groups in total. The molecule has 0 saturated heterocycles. The molecule has 2 aromatic carbocycles. The summed E-state index contributed by atoms with van der Waals surface area (Å²) in [6.07, 6.45) is 1.83. The van der Waals surface area contributed by atoms with E-state index in [0.29, 0.717) is 20.7 Å². The third kappa shape index (κ3) is 4.46. The molecule has 0 unspecified atom stereocenters. The van der Waals surface area contributed by atoms with E-state index in [1.165, 1.54) is 11.3 Å². The molecule has 3 aromatic rings. The molecule has 0 radical (unpaired) electrons. The fourth-order valence-corrected chi connectivity index (χ4v) is 4.46. The van der Waals surface area contributed by atoms with E-state index in [4.69, 9.17) is 23.2 Å². The second-order valence-electron chi connectivity index (χ2n) is 5.63. The number of carbonyl (C=O) groups is 1. The highest BCUT2D eigenvalue weighted by atomic mass is 79.9. The molecule has 0 atom stereocenters. The van der Waals surface area contributed by atoms with Crippen LogP contribution in [0, 0.1) is 0 Å². The van der Waals surface area contributed by atoms with Crippen LogP contribution in [0.5, 0.6) is 0 Å². The number of amides is 1. The van der Waals surface area contributed by atoms with Crippen LogP contribution < -0.4 is 5.32 Å². The minimum atomic E-state index is -0.197. The maximum Gasteiger partial charge on any atom is 0.257 e. The standard InChI is InChI=1S/C19H15BrCl2N2OS/c1-2-4-16-17(14-8-7-13(21)10-15(14)22)23-19(26-16)24-18(25)11-5-3-6-12(20)9-11/h3,5-10H,2,4H2,1H3,(H,23,24,25). The number of nitrogens with zero attached hydrogens (tertiary/aromatic N) is 1. The van der Waals surface area contributed by atoms with E-state index >= 15 is 0 Å². The molecule has 134 valence electrons. The Bertz CT molecular complexity index is 958. The first kappa shape index (κ1) is 19.4. The lowest BCUT2D eigenvalue weighted by Gasteiger charge is -2.04. The summed E-state index contributed by atoms with van der Waals surface area (Å²) < 4.78 is 0.851. The number of halogens is 3. The number of carbonyl (C=O) groups excluding carboxylic acids is 1. The lowest BCUT2D eigenvalue weighted by molar-refractivity contribution is 0.102. The van der Waals surface area contributed by atoms with Crippen molar-refractivity contribution in [2.45, 2.75) is 19.8 Å². The third-order valence-electron chi connectivity index (χ3n) is 3.67. The summed E-state index contributed by atoms with van der Waals surface area (Å²) in [6.45, 7) is 2.10. The van der Waals surface area contributed by atoms with Crippen LogP contribution in [0.25, 0.3) is 11.3 Å². The molecule has 0 aliphatic rings. The second kappa shape index (κ2) is 8.53. The number of anilines is 1. The molecular weight excluding hydrogens is 455 g/mol. The average molecular weight is 470 g/mol. The van der Waals surface area contributed by atoms with Crippen molar-refractivity contribution in [1.29, 1.82) is 0 Å². The number of aromatic nitrogens is 1. The highest BCUT2D eigenvalue weighted by molar-refractivity contribution is 9.10. The van der Waals surface area contributed by atoms with Gasteiger partial charge in [-0.05, 0) is 42.8 Å². The summed E-state index contributed by atoms with van der Waals surface area (Å²) in [6, 6.07) is 12.6. The van der Waals surface area contributed by atoms with E-state index in [9.17, 15) is 4.79 Å². The molecule has 1 heterocycles. The van der Waals surface area contributed by atoms with Crippen LogP contribution in [0.15, 0.2) is 46.9 Å². The number of aryl methyl sites for hydroxylation is 1. The summed E-state index contributed by atoms with van der Waals surface area (Å²) in [5.74, 6) is -0.197. The minimum Gasteiger partial charge on any atom is -0.298 e. The molecule has 1 aromatic heterocycles. The predicted molar refractivity (Wildman–Crippen MR) is 114 cm³/mol. The van der Waals surface area contributed by atoms with Crippen LogP contribution in [0.1, 0.15) is 28.6 Å². The Balaban J connectivity index is 1.93. The number of benzene rings is 2. The van der Waals surface area contributed by atoms with E-state index in [2.05, 4.69) is 33.2 Å². The van der Waals surface area contributed by atoms with E-state index < -0.39 is 0 Å². The van der Waals surface area contributed by atoms with Crippen molar-refractivity contribution in [1.82, 2.24) is 4.98 Å². The Kier molecular flexibility index (Phi) is 6.35. The van der Waals surface area contributed by atoms with Gasteiger partial charge in [-0.15, -0.1) is 11.3 Å². The van der Waals surface area contributed by atoms with Gasteiger partial charge in [-0.1, -0.05) is 58.5 Å². The van der Waals surface area contributed by atoms with Gasteiger partial charge in [0.25, 0.3) is 5.91 Å². The van der Waals surface area contributed by atoms with E-state index in [0.717, 1.165) is 33.4 Å². The molecule has 0 saturated carbocycles. The van der Waals surface area contributed by atoms with Gasteiger partial charge in [0.05, 0.1) is 10.7 Å². The third-order valence-corrected chi connectivity index (χ3v) is 5.74. The SMILES string of the molecule is CCCc1sc(NC(=O)c2cccc(Br)c2)nc1-c1ccc(Cl)cc1Cl. The molecule has 1 amide bonds. The van der Waals surface area contributed by atoms with E-state index in [1.54, 1.807) is 24.3 Å². The molecule has 0 spiro atoms. The van der Waals surface area contributed by atoms with Crippen molar-refractivity contribution in [2.75, 3.05) is 5.32 Å². The van der Waals surface area contributed by atoms with Crippen molar-refractivity contribution in [3.05, 3.63) is 67.4 Å². The first-order valence-electron chi connectivity index (χ1n) is 8.00. The molecule has 0 fully saturated rings. The monoisotopic (exact) mass is 468 g/mol. The van der Waals surface area contributed by atoms with Gasteiger partial charge in [-0.25, -0.2) is 4.98 Å². The largest absolute Gasteiger partial charge is 0.298 e. The van der Waals surface area contributed by atoms with Gasteiger partial charge in [-0.2, -0.15) is 0 Å². The molecule has 0 bridgehead atoms. The van der Waals surface area contributed by atoms with Crippen molar-refractivity contribution in [2.24, 2.45) is 0 Å². The van der Waals surface area contributed by atoms with Gasteiger partial charge in [0.2, 0.25) is 0 Å². The molecule has 0 aliphatic heterocycles. The number of nitrogens with one attached hydrogen (secondary N) is 1. The quantitative estimate of drug-likeness (QED) is 0.433. The summed E-state index contributed by atoms with van der Waals surface area (Å²) in [4.78, 5) is 18.2. The molecule has 0 aliphatic carbocycles. The highest BCUT2D eigenvalue weighted by Crippen LogP contribution is 2.37. The first-order valence-corrected chi connectivity index (χ1v) is 10.4. The number of rotatable bonds is 5. The van der Waals surface area contributed by atoms with Crippen molar-refractivity contribution >= 4 is 61.5 Å². The van der Waals surface area contributed by atoms with Gasteiger partial charge in [0, 0.05) is 25.5 Å². The maximum atomic E-state index is 12.5. The predicted octanol–water partition coefficient (Wildman–Crippen LogP) is 7.08. The number of hydrogen-bond acceptors (Lipinski definition) is 3. The van der Waals surface area contributed by atoms with E-state index in [1.807, 2.05) is 18.2 Å². The van der Waals surface area contributed by atoms with E-state index in [-0.39, 0.29) is 5.91 Å². The highest BCUT2D eigenvalue weighted by Gasteiger charge is 2.17. The average Bonchev–Trinajstić information content (AvgIpc) is 2.97.